The summed E-state index contributed by atoms with van der Waals surface area (Å²) in [7, 11) is 0. The van der Waals surface area contributed by atoms with E-state index in [1.165, 1.54) is 12.8 Å². The fourth-order valence-electron chi connectivity index (χ4n) is 1.56. The zero-order valence-corrected chi connectivity index (χ0v) is 9.61. The topological polar surface area (TPSA) is 39.2 Å². The molecular weight excluding hydrogens is 202 g/mol. The van der Waals surface area contributed by atoms with Gasteiger partial charge < -0.3 is 4.74 Å². The van der Waals surface area contributed by atoms with Crippen LogP contribution in [0.15, 0.2) is 18.3 Å². The lowest BCUT2D eigenvalue weighted by Crippen LogP contribution is -2.02. The van der Waals surface area contributed by atoms with Crippen molar-refractivity contribution in [2.75, 3.05) is 6.61 Å². The zero-order chi connectivity index (χ0) is 11.4. The molecule has 3 heteroatoms. The Morgan fingerprint density at radius 2 is 2.31 bits per heavy atom. The highest BCUT2D eigenvalue weighted by atomic mass is 16.5. The van der Waals surface area contributed by atoms with Crippen molar-refractivity contribution in [2.24, 2.45) is 5.92 Å². The van der Waals surface area contributed by atoms with Gasteiger partial charge in [-0.15, -0.1) is 0 Å². The molecule has 0 aromatic carbocycles. The fourth-order valence-corrected chi connectivity index (χ4v) is 1.56. The number of aromatic nitrogens is 1. The predicted octanol–water partition coefficient (Wildman–Crippen LogP) is 2.85. The average molecular weight is 219 g/mol. The Morgan fingerprint density at radius 1 is 1.50 bits per heavy atom. The van der Waals surface area contributed by atoms with Crippen LogP contribution in [0.1, 0.15) is 43.1 Å². The summed E-state index contributed by atoms with van der Waals surface area (Å²) in [6.07, 6.45) is 5.97. The molecule has 0 spiro atoms. The summed E-state index contributed by atoms with van der Waals surface area (Å²) < 4.78 is 5.55. The molecule has 0 unspecified atom stereocenters. The number of Topliss-reactive ketones (excluding diaryl/α,β-unsaturated/α-hetero) is 1. The molecule has 0 N–H and O–H groups in total. The Hall–Kier alpha value is -1.38. The number of rotatable bonds is 6. The molecule has 2 rings (SSSR count). The van der Waals surface area contributed by atoms with Crippen LogP contribution in [0.5, 0.6) is 5.75 Å². The fraction of sp³-hybridized carbons (Fsp3) is 0.538. The van der Waals surface area contributed by atoms with Gasteiger partial charge in [-0.3, -0.25) is 4.79 Å². The second-order valence-corrected chi connectivity index (χ2v) is 4.24. The van der Waals surface area contributed by atoms with Crippen molar-refractivity contribution >= 4 is 5.78 Å². The normalized spacial score (nSPS) is 14.8. The van der Waals surface area contributed by atoms with Crippen molar-refractivity contribution in [3.05, 3.63) is 24.0 Å². The monoisotopic (exact) mass is 219 g/mol. The molecule has 16 heavy (non-hydrogen) atoms. The molecule has 1 heterocycles. The average Bonchev–Trinajstić information content (AvgIpc) is 3.13. The van der Waals surface area contributed by atoms with Crippen LogP contribution in [0.4, 0.5) is 0 Å². The van der Waals surface area contributed by atoms with Crippen molar-refractivity contribution in [3.63, 3.8) is 0 Å². The molecule has 1 aliphatic carbocycles. The van der Waals surface area contributed by atoms with E-state index in [-0.39, 0.29) is 5.78 Å². The summed E-state index contributed by atoms with van der Waals surface area (Å²) >= 11 is 0. The van der Waals surface area contributed by atoms with Crippen LogP contribution >= 0.6 is 0 Å². The van der Waals surface area contributed by atoms with Gasteiger partial charge in [-0.2, -0.15) is 0 Å². The van der Waals surface area contributed by atoms with Gasteiger partial charge in [0.15, 0.2) is 5.78 Å². The molecule has 0 atom stereocenters. The van der Waals surface area contributed by atoms with Gasteiger partial charge in [-0.25, -0.2) is 4.98 Å². The van der Waals surface area contributed by atoms with Gasteiger partial charge in [0.05, 0.1) is 12.8 Å². The molecule has 0 saturated heterocycles. The molecule has 0 aliphatic heterocycles. The van der Waals surface area contributed by atoms with Crippen molar-refractivity contribution < 1.29 is 9.53 Å². The maximum absolute atomic E-state index is 11.3. The van der Waals surface area contributed by atoms with Crippen LogP contribution in [0.2, 0.25) is 0 Å². The first-order chi connectivity index (χ1) is 7.79. The molecule has 0 amide bonds. The maximum atomic E-state index is 11.3. The van der Waals surface area contributed by atoms with Crippen LogP contribution in [0, 0.1) is 5.92 Å². The minimum Gasteiger partial charge on any atom is -0.492 e. The van der Waals surface area contributed by atoms with E-state index in [2.05, 4.69) is 4.98 Å². The van der Waals surface area contributed by atoms with Gasteiger partial charge in [0.2, 0.25) is 0 Å². The number of ketones is 1. The molecular formula is C13H17NO2. The Balaban J connectivity index is 1.83. The van der Waals surface area contributed by atoms with Crippen LogP contribution in [-0.2, 0) is 0 Å². The van der Waals surface area contributed by atoms with Gasteiger partial charge in [0.1, 0.15) is 11.4 Å². The Kier molecular flexibility index (Phi) is 3.54. The van der Waals surface area contributed by atoms with Crippen molar-refractivity contribution in [1.29, 1.82) is 0 Å². The third-order valence-electron chi connectivity index (χ3n) is 2.83. The number of hydrogen-bond acceptors (Lipinski definition) is 3. The van der Waals surface area contributed by atoms with Crippen molar-refractivity contribution in [2.45, 2.75) is 32.6 Å². The van der Waals surface area contributed by atoms with Gasteiger partial charge in [0.25, 0.3) is 0 Å². The first kappa shape index (κ1) is 11.1. The van der Waals surface area contributed by atoms with Crippen LogP contribution in [0.25, 0.3) is 0 Å². The predicted molar refractivity (Wildman–Crippen MR) is 61.7 cm³/mol. The minimum atomic E-state index is 0.0736. The SMILES string of the molecule is CCC(=O)c1ccc(OCCC2CC2)cn1. The van der Waals surface area contributed by atoms with E-state index in [0.717, 1.165) is 24.7 Å². The van der Waals surface area contributed by atoms with E-state index < -0.39 is 0 Å². The van der Waals surface area contributed by atoms with Crippen molar-refractivity contribution in [1.82, 2.24) is 4.98 Å². The number of carbonyl (C=O) groups is 1. The highest BCUT2D eigenvalue weighted by Crippen LogP contribution is 2.32. The standard InChI is InChI=1S/C13H17NO2/c1-2-13(15)12-6-5-11(9-14-12)16-8-7-10-3-4-10/h5-6,9-10H,2-4,7-8H2,1H3. The molecule has 1 aliphatic rings. The molecule has 0 radical (unpaired) electrons. The third kappa shape index (κ3) is 3.05. The minimum absolute atomic E-state index is 0.0736. The summed E-state index contributed by atoms with van der Waals surface area (Å²) in [6.45, 7) is 2.59. The summed E-state index contributed by atoms with van der Waals surface area (Å²) in [5, 5.41) is 0. The molecule has 1 fully saturated rings. The van der Waals surface area contributed by atoms with Gasteiger partial charge in [0, 0.05) is 6.42 Å². The molecule has 1 aromatic heterocycles. The molecule has 1 saturated carbocycles. The van der Waals surface area contributed by atoms with E-state index in [4.69, 9.17) is 4.74 Å². The lowest BCUT2D eigenvalue weighted by Gasteiger charge is -2.05. The van der Waals surface area contributed by atoms with Crippen LogP contribution < -0.4 is 4.74 Å². The first-order valence-electron chi connectivity index (χ1n) is 5.91. The molecule has 3 nitrogen and oxygen atoms in total. The third-order valence-corrected chi connectivity index (χ3v) is 2.83. The van der Waals surface area contributed by atoms with Gasteiger partial charge in [-0.05, 0) is 24.5 Å². The van der Waals surface area contributed by atoms with Gasteiger partial charge >= 0.3 is 0 Å². The maximum Gasteiger partial charge on any atom is 0.180 e. The second kappa shape index (κ2) is 5.10. The molecule has 0 bridgehead atoms. The summed E-state index contributed by atoms with van der Waals surface area (Å²) in [6, 6.07) is 3.56. The summed E-state index contributed by atoms with van der Waals surface area (Å²) in [5.74, 6) is 1.71. The highest BCUT2D eigenvalue weighted by molar-refractivity contribution is 5.93. The second-order valence-electron chi connectivity index (χ2n) is 4.24. The molecule has 1 aromatic rings. The van der Waals surface area contributed by atoms with E-state index >= 15 is 0 Å². The number of pyridine rings is 1. The van der Waals surface area contributed by atoms with Crippen molar-refractivity contribution in [3.8, 4) is 5.75 Å². The Morgan fingerprint density at radius 3 is 2.88 bits per heavy atom. The van der Waals surface area contributed by atoms with Crippen LogP contribution in [-0.4, -0.2) is 17.4 Å². The highest BCUT2D eigenvalue weighted by Gasteiger charge is 2.20. The lowest BCUT2D eigenvalue weighted by atomic mass is 10.2. The lowest BCUT2D eigenvalue weighted by molar-refractivity contribution is 0.0983. The number of hydrogen-bond donors (Lipinski definition) is 0. The van der Waals surface area contributed by atoms with E-state index in [0.29, 0.717) is 12.1 Å². The summed E-state index contributed by atoms with van der Waals surface area (Å²) in [4.78, 5) is 15.4. The number of carbonyl (C=O) groups excluding carboxylic acids is 1. The zero-order valence-electron chi connectivity index (χ0n) is 9.61. The van der Waals surface area contributed by atoms with E-state index in [1.807, 2.05) is 13.0 Å². The quantitative estimate of drug-likeness (QED) is 0.690. The van der Waals surface area contributed by atoms with Gasteiger partial charge in [-0.1, -0.05) is 19.8 Å². The number of ether oxygens (including phenoxy) is 1. The van der Waals surface area contributed by atoms with Crippen LogP contribution in [0.3, 0.4) is 0 Å². The van der Waals surface area contributed by atoms with E-state index in [1.54, 1.807) is 12.3 Å². The largest absolute Gasteiger partial charge is 0.492 e. The van der Waals surface area contributed by atoms with E-state index in [9.17, 15) is 4.79 Å². The Bertz CT molecular complexity index is 355. The first-order valence-corrected chi connectivity index (χ1v) is 5.91. The molecule has 86 valence electrons. The number of nitrogens with zero attached hydrogens (tertiary/aromatic N) is 1. The summed E-state index contributed by atoms with van der Waals surface area (Å²) in [5.41, 5.74) is 0.525. The smallest absolute Gasteiger partial charge is 0.180 e. The Labute approximate surface area is 95.8 Å².